The van der Waals surface area contributed by atoms with Crippen molar-refractivity contribution < 1.29 is 17.0 Å². The van der Waals surface area contributed by atoms with Gasteiger partial charge in [0.1, 0.15) is 0 Å². The average Bonchev–Trinajstić information content (AvgIpc) is 1.80. The number of hydroxylamine groups is 2. The van der Waals surface area contributed by atoms with Crippen LogP contribution in [0.25, 0.3) is 0 Å². The molecule has 0 aromatic rings. The van der Waals surface area contributed by atoms with Crippen LogP contribution in [0.4, 0.5) is 0 Å². The molecule has 0 unspecified atom stereocenters. The van der Waals surface area contributed by atoms with Crippen LogP contribution in [0.2, 0.25) is 0 Å². The maximum absolute atomic E-state index is 10.2. The van der Waals surface area contributed by atoms with Crippen LogP contribution < -0.4 is 0 Å². The van der Waals surface area contributed by atoms with E-state index in [4.69, 9.17) is 5.41 Å². The van der Waals surface area contributed by atoms with Gasteiger partial charge in [0.2, 0.25) is 5.96 Å². The molecule has 8 heteroatoms. The lowest BCUT2D eigenvalue weighted by Crippen LogP contribution is -2.50. The summed E-state index contributed by atoms with van der Waals surface area (Å²) in [6, 6.07) is 0. The maximum Gasteiger partial charge on any atom is 0.446 e. The quantitative estimate of drug-likeness (QED) is 0.377. The summed E-state index contributed by atoms with van der Waals surface area (Å²) >= 11 is 0. The lowest BCUT2D eigenvalue weighted by molar-refractivity contribution is -0.274. The Kier molecular flexibility index (Phi) is 1.74. The van der Waals surface area contributed by atoms with Gasteiger partial charge in [-0.15, -0.1) is 0 Å². The first kappa shape index (κ1) is 8.24. The summed E-state index contributed by atoms with van der Waals surface area (Å²) in [5.74, 6) is -0.195. The second kappa shape index (κ2) is 2.32. The van der Waals surface area contributed by atoms with Gasteiger partial charge in [0.15, 0.2) is 0 Å². The number of nitrogens with zero attached hydrogens (tertiary/aromatic N) is 2. The van der Waals surface area contributed by atoms with Crippen molar-refractivity contribution in [2.45, 2.75) is 0 Å². The van der Waals surface area contributed by atoms with Crippen LogP contribution in [0.15, 0.2) is 0 Å². The number of hydrogen-bond donors (Lipinski definition) is 1. The van der Waals surface area contributed by atoms with Crippen molar-refractivity contribution in [1.29, 1.82) is 5.41 Å². The lowest BCUT2D eigenvalue weighted by atomic mass is 10.8. The number of hydrogen-bond acceptors (Lipinski definition) is 5. The summed E-state index contributed by atoms with van der Waals surface area (Å²) in [7, 11) is -0.740. The van der Waals surface area contributed by atoms with Gasteiger partial charge in [-0.2, -0.15) is 8.42 Å². The Morgan fingerprint density at radius 2 is 1.91 bits per heavy atom. The SMILES string of the molecule is CN(C)C(=N)N1OS(=O)(=O)O1. The third-order valence-electron chi connectivity index (χ3n) is 0.915. The zero-order valence-electron chi connectivity index (χ0n) is 5.94. The Morgan fingerprint density at radius 1 is 1.45 bits per heavy atom. The molecule has 0 atom stereocenters. The first-order chi connectivity index (χ1) is 4.92. The van der Waals surface area contributed by atoms with Gasteiger partial charge < -0.3 is 4.90 Å². The highest BCUT2D eigenvalue weighted by Gasteiger charge is 2.38. The van der Waals surface area contributed by atoms with Crippen LogP contribution in [0.1, 0.15) is 0 Å². The van der Waals surface area contributed by atoms with Gasteiger partial charge in [0, 0.05) is 14.1 Å². The van der Waals surface area contributed by atoms with Gasteiger partial charge in [-0.25, -0.2) is 0 Å². The molecule has 0 bridgehead atoms. The molecule has 1 heterocycles. The van der Waals surface area contributed by atoms with E-state index in [2.05, 4.69) is 8.57 Å². The largest absolute Gasteiger partial charge is 0.446 e. The van der Waals surface area contributed by atoms with Crippen LogP contribution in [-0.4, -0.2) is 38.6 Å². The van der Waals surface area contributed by atoms with Crippen LogP contribution in [0, 0.1) is 5.41 Å². The summed E-state index contributed by atoms with van der Waals surface area (Å²) < 4.78 is 28.6. The Bertz CT molecular complexity index is 258. The summed E-state index contributed by atoms with van der Waals surface area (Å²) in [5.41, 5.74) is 0. The molecular weight excluding hydrogens is 174 g/mol. The molecule has 0 aromatic carbocycles. The molecule has 1 fully saturated rings. The molecule has 1 aliphatic rings. The molecular formula is C3H7N3O4S. The molecule has 0 aromatic heterocycles. The van der Waals surface area contributed by atoms with Gasteiger partial charge in [-0.3, -0.25) is 5.41 Å². The second-order valence-electron chi connectivity index (χ2n) is 2.03. The molecule has 0 spiro atoms. The molecule has 7 nitrogen and oxygen atoms in total. The van der Waals surface area contributed by atoms with Crippen LogP contribution in [-0.2, 0) is 19.0 Å². The molecule has 0 saturated carbocycles. The normalized spacial score (nSPS) is 20.7. The van der Waals surface area contributed by atoms with E-state index in [1.807, 2.05) is 0 Å². The molecule has 1 saturated heterocycles. The number of nitrogens with one attached hydrogen (secondary N) is 1. The molecule has 11 heavy (non-hydrogen) atoms. The van der Waals surface area contributed by atoms with E-state index in [-0.39, 0.29) is 5.96 Å². The number of rotatable bonds is 0. The first-order valence-electron chi connectivity index (χ1n) is 2.62. The smallest absolute Gasteiger partial charge is 0.345 e. The maximum atomic E-state index is 10.2. The molecule has 0 amide bonds. The van der Waals surface area contributed by atoms with E-state index >= 15 is 0 Å². The summed E-state index contributed by atoms with van der Waals surface area (Å²) in [6.07, 6.45) is 0. The van der Waals surface area contributed by atoms with E-state index in [0.29, 0.717) is 5.23 Å². The highest BCUT2D eigenvalue weighted by atomic mass is 32.3. The summed E-state index contributed by atoms with van der Waals surface area (Å²) in [6.45, 7) is 0. The average molecular weight is 181 g/mol. The fraction of sp³-hybridized carbons (Fsp3) is 0.667. The van der Waals surface area contributed by atoms with E-state index in [1.54, 1.807) is 14.1 Å². The molecule has 1 aliphatic heterocycles. The molecule has 64 valence electrons. The topological polar surface area (TPSA) is 82.9 Å². The molecule has 1 rings (SSSR count). The highest BCUT2D eigenvalue weighted by molar-refractivity contribution is 7.82. The van der Waals surface area contributed by atoms with Gasteiger partial charge in [0.25, 0.3) is 0 Å². The highest BCUT2D eigenvalue weighted by Crippen LogP contribution is 2.16. The van der Waals surface area contributed by atoms with Gasteiger partial charge in [-0.1, -0.05) is 13.8 Å². The Labute approximate surface area is 63.8 Å². The van der Waals surface area contributed by atoms with Gasteiger partial charge in [-0.05, 0) is 0 Å². The fourth-order valence-corrected chi connectivity index (χ4v) is 0.889. The molecule has 1 N–H and O–H groups in total. The van der Waals surface area contributed by atoms with E-state index in [0.717, 1.165) is 0 Å². The third kappa shape index (κ3) is 1.59. The van der Waals surface area contributed by atoms with E-state index in [9.17, 15) is 8.42 Å². The van der Waals surface area contributed by atoms with Crippen molar-refractivity contribution in [3.8, 4) is 0 Å². The first-order valence-corrected chi connectivity index (χ1v) is 3.96. The predicted octanol–water partition coefficient (Wildman–Crippen LogP) is -1.09. The standard InChI is InChI=1S/C3H7N3O4S/c1-5(2)3(4)6-9-11(7,8)10-6/h4H,1-2H3. The van der Waals surface area contributed by atoms with E-state index in [1.165, 1.54) is 4.90 Å². The summed E-state index contributed by atoms with van der Waals surface area (Å²) in [4.78, 5) is 1.33. The third-order valence-corrected chi connectivity index (χ3v) is 1.55. The zero-order chi connectivity index (χ0) is 8.65. The van der Waals surface area contributed by atoms with Crippen LogP contribution in [0.5, 0.6) is 0 Å². The minimum absolute atomic E-state index is 0.195. The summed E-state index contributed by atoms with van der Waals surface area (Å²) in [5, 5.41) is 7.61. The van der Waals surface area contributed by atoms with Crippen molar-refractivity contribution >= 4 is 16.4 Å². The minimum atomic E-state index is -3.85. The second-order valence-corrected chi connectivity index (χ2v) is 3.15. The van der Waals surface area contributed by atoms with Gasteiger partial charge >= 0.3 is 10.4 Å². The Hall–Kier alpha value is -0.860. The van der Waals surface area contributed by atoms with Gasteiger partial charge in [0.05, 0.1) is 0 Å². The van der Waals surface area contributed by atoms with E-state index < -0.39 is 10.4 Å². The van der Waals surface area contributed by atoms with Crippen LogP contribution >= 0.6 is 0 Å². The monoisotopic (exact) mass is 181 g/mol. The molecule has 0 radical (unpaired) electrons. The van der Waals surface area contributed by atoms with Crippen molar-refractivity contribution in [3.05, 3.63) is 0 Å². The lowest BCUT2D eigenvalue weighted by Gasteiger charge is -2.29. The van der Waals surface area contributed by atoms with Crippen LogP contribution in [0.3, 0.4) is 0 Å². The van der Waals surface area contributed by atoms with Crippen molar-refractivity contribution in [2.75, 3.05) is 14.1 Å². The zero-order valence-corrected chi connectivity index (χ0v) is 6.75. The predicted molar refractivity (Wildman–Crippen MR) is 34.3 cm³/mol. The van der Waals surface area contributed by atoms with Crippen molar-refractivity contribution in [1.82, 2.24) is 10.1 Å². The molecule has 0 aliphatic carbocycles. The Morgan fingerprint density at radius 3 is 2.18 bits per heavy atom. The fourth-order valence-electron chi connectivity index (χ4n) is 0.405. The minimum Gasteiger partial charge on any atom is -0.345 e. The Balaban J connectivity index is 2.51. The van der Waals surface area contributed by atoms with Crippen molar-refractivity contribution in [2.24, 2.45) is 0 Å². The van der Waals surface area contributed by atoms with Crippen molar-refractivity contribution in [3.63, 3.8) is 0 Å². The number of guanidine groups is 1.